The van der Waals surface area contributed by atoms with Crippen LogP contribution in [0.4, 0.5) is 0 Å². The first-order valence-corrected chi connectivity index (χ1v) is 4.61. The first kappa shape index (κ1) is 7.55. The first-order valence-electron chi connectivity index (χ1n) is 3.79. The zero-order chi connectivity index (χ0) is 8.39. The van der Waals surface area contributed by atoms with Crippen molar-refractivity contribution in [1.29, 1.82) is 0 Å². The number of benzene rings is 1. The molecule has 0 aliphatic carbocycles. The summed E-state index contributed by atoms with van der Waals surface area (Å²) < 4.78 is 6.47. The lowest BCUT2D eigenvalue weighted by Crippen LogP contribution is -1.89. The van der Waals surface area contributed by atoms with Crippen molar-refractivity contribution < 1.29 is 4.74 Å². The van der Waals surface area contributed by atoms with Crippen LogP contribution >= 0.6 is 11.3 Å². The number of fused-ring (bicyclic) bond motifs is 1. The van der Waals surface area contributed by atoms with Crippen LogP contribution in [-0.4, -0.2) is 11.6 Å². The molecule has 1 aromatic heterocycles. The van der Waals surface area contributed by atoms with Crippen molar-refractivity contribution >= 4 is 21.6 Å². The molecule has 0 N–H and O–H groups in total. The molecule has 0 aliphatic heterocycles. The van der Waals surface area contributed by atoms with Crippen molar-refractivity contribution in [3.05, 3.63) is 23.7 Å². The van der Waals surface area contributed by atoms with Gasteiger partial charge >= 0.3 is 0 Å². The summed E-state index contributed by atoms with van der Waals surface area (Å²) in [5.41, 5.74) is 3.83. The Hall–Kier alpha value is -1.09. The quantitative estimate of drug-likeness (QED) is 0.704. The number of nitrogens with zero attached hydrogens (tertiary/aromatic N) is 1. The number of aromatic nitrogens is 1. The molecule has 0 spiro atoms. The molecule has 0 atom stereocenters. The molecule has 1 heterocycles. The van der Waals surface area contributed by atoms with Crippen LogP contribution < -0.4 is 4.74 Å². The molecule has 0 aliphatic rings. The predicted octanol–water partition coefficient (Wildman–Crippen LogP) is 2.50. The van der Waals surface area contributed by atoms with Gasteiger partial charge in [-0.05, 0) is 25.1 Å². The lowest BCUT2D eigenvalue weighted by Gasteiger charge is -2.00. The topological polar surface area (TPSA) is 22.1 Å². The highest BCUT2D eigenvalue weighted by atomic mass is 32.1. The third-order valence-electron chi connectivity index (χ3n) is 1.56. The Morgan fingerprint density at radius 1 is 1.58 bits per heavy atom. The van der Waals surface area contributed by atoms with Crippen LogP contribution in [0.25, 0.3) is 10.2 Å². The molecular formula is C9H8NOS. The summed E-state index contributed by atoms with van der Waals surface area (Å²) in [6.07, 6.45) is 0. The van der Waals surface area contributed by atoms with E-state index in [4.69, 9.17) is 4.74 Å². The Bertz CT molecular complexity index is 383. The highest BCUT2D eigenvalue weighted by molar-refractivity contribution is 7.16. The minimum absolute atomic E-state index is 0.702. The van der Waals surface area contributed by atoms with Crippen molar-refractivity contribution in [3.63, 3.8) is 0 Å². The molecule has 2 rings (SSSR count). The van der Waals surface area contributed by atoms with Crippen molar-refractivity contribution in [2.45, 2.75) is 6.92 Å². The van der Waals surface area contributed by atoms with Gasteiger partial charge in [-0.15, -0.1) is 11.3 Å². The molecule has 0 saturated heterocycles. The predicted molar refractivity (Wildman–Crippen MR) is 49.6 cm³/mol. The standard InChI is InChI=1S/C9H8NOS/c1-2-11-7-3-4-8-9(5-7)12-6-10-8/h3-5H,2H2,1H3. The van der Waals surface area contributed by atoms with Crippen LogP contribution in [0, 0.1) is 5.51 Å². The van der Waals surface area contributed by atoms with Gasteiger partial charge in [0.15, 0.2) is 5.51 Å². The minimum Gasteiger partial charge on any atom is -0.494 e. The second kappa shape index (κ2) is 3.11. The van der Waals surface area contributed by atoms with Crippen LogP contribution in [0.1, 0.15) is 6.92 Å². The molecule has 0 unspecified atom stereocenters. The fourth-order valence-corrected chi connectivity index (χ4v) is 1.68. The van der Waals surface area contributed by atoms with Crippen molar-refractivity contribution in [3.8, 4) is 5.75 Å². The lowest BCUT2D eigenvalue weighted by molar-refractivity contribution is 0.341. The number of thiazole rings is 1. The smallest absolute Gasteiger partial charge is 0.153 e. The van der Waals surface area contributed by atoms with Gasteiger partial charge < -0.3 is 4.74 Å². The van der Waals surface area contributed by atoms with Crippen LogP contribution in [0.3, 0.4) is 0 Å². The van der Waals surface area contributed by atoms with Crippen molar-refractivity contribution in [1.82, 2.24) is 4.98 Å². The summed E-state index contributed by atoms with van der Waals surface area (Å²) in [4.78, 5) is 4.06. The summed E-state index contributed by atoms with van der Waals surface area (Å²) in [6.45, 7) is 2.68. The van der Waals surface area contributed by atoms with Gasteiger partial charge in [0.1, 0.15) is 5.75 Å². The van der Waals surface area contributed by atoms with E-state index in [1.54, 1.807) is 0 Å². The molecule has 2 aromatic rings. The van der Waals surface area contributed by atoms with Crippen LogP contribution in [-0.2, 0) is 0 Å². The molecule has 1 radical (unpaired) electrons. The average molecular weight is 178 g/mol. The first-order chi connectivity index (χ1) is 5.90. The lowest BCUT2D eigenvalue weighted by atomic mass is 10.3. The van der Waals surface area contributed by atoms with Gasteiger partial charge in [0.25, 0.3) is 0 Å². The Balaban J connectivity index is 2.46. The maximum atomic E-state index is 5.35. The molecule has 0 amide bonds. The zero-order valence-corrected chi connectivity index (χ0v) is 7.52. The molecular weight excluding hydrogens is 170 g/mol. The van der Waals surface area contributed by atoms with E-state index in [-0.39, 0.29) is 0 Å². The normalized spacial score (nSPS) is 10.4. The van der Waals surface area contributed by atoms with Gasteiger partial charge in [-0.3, -0.25) is 0 Å². The van der Waals surface area contributed by atoms with E-state index < -0.39 is 0 Å². The Kier molecular flexibility index (Phi) is 1.96. The van der Waals surface area contributed by atoms with Crippen LogP contribution in [0.15, 0.2) is 18.2 Å². The summed E-state index contributed by atoms with van der Waals surface area (Å²) in [6, 6.07) is 5.87. The second-order valence-corrected chi connectivity index (χ2v) is 3.19. The fraction of sp³-hybridized carbons (Fsp3) is 0.222. The van der Waals surface area contributed by atoms with E-state index in [9.17, 15) is 0 Å². The number of rotatable bonds is 2. The molecule has 1 aromatic carbocycles. The van der Waals surface area contributed by atoms with E-state index in [1.807, 2.05) is 25.1 Å². The van der Waals surface area contributed by atoms with E-state index in [2.05, 4.69) is 10.5 Å². The summed E-state index contributed by atoms with van der Waals surface area (Å²) in [5, 5.41) is 0. The Morgan fingerprint density at radius 2 is 2.50 bits per heavy atom. The van der Waals surface area contributed by atoms with Crippen molar-refractivity contribution in [2.75, 3.05) is 6.61 Å². The van der Waals surface area contributed by atoms with Gasteiger partial charge in [-0.1, -0.05) is 0 Å². The maximum Gasteiger partial charge on any atom is 0.153 e. The monoisotopic (exact) mass is 178 g/mol. The SMILES string of the molecule is CCOc1ccc2n[c]sc2c1. The van der Waals surface area contributed by atoms with Crippen LogP contribution in [0.2, 0.25) is 0 Å². The largest absolute Gasteiger partial charge is 0.494 e. The molecule has 0 bridgehead atoms. The molecule has 2 nitrogen and oxygen atoms in total. The average Bonchev–Trinajstić information content (AvgIpc) is 2.51. The van der Waals surface area contributed by atoms with Gasteiger partial charge in [-0.25, -0.2) is 4.98 Å². The highest BCUT2D eigenvalue weighted by Gasteiger charge is 1.98. The van der Waals surface area contributed by atoms with Gasteiger partial charge in [0.05, 0.1) is 16.8 Å². The Morgan fingerprint density at radius 3 is 3.33 bits per heavy atom. The zero-order valence-electron chi connectivity index (χ0n) is 6.70. The molecule has 12 heavy (non-hydrogen) atoms. The van der Waals surface area contributed by atoms with E-state index in [1.165, 1.54) is 11.3 Å². The molecule has 61 valence electrons. The maximum absolute atomic E-state index is 5.35. The molecule has 0 fully saturated rings. The summed E-state index contributed by atoms with van der Waals surface area (Å²) in [7, 11) is 0. The third-order valence-corrected chi connectivity index (χ3v) is 2.29. The van der Waals surface area contributed by atoms with Crippen molar-refractivity contribution in [2.24, 2.45) is 0 Å². The fourth-order valence-electron chi connectivity index (χ4n) is 1.05. The summed E-state index contributed by atoms with van der Waals surface area (Å²) in [5.74, 6) is 0.905. The second-order valence-electron chi connectivity index (χ2n) is 2.37. The number of hydrogen-bond acceptors (Lipinski definition) is 3. The number of hydrogen-bond donors (Lipinski definition) is 0. The van der Waals surface area contributed by atoms with Gasteiger partial charge in [0.2, 0.25) is 0 Å². The van der Waals surface area contributed by atoms with E-state index >= 15 is 0 Å². The molecule has 3 heteroatoms. The highest BCUT2D eigenvalue weighted by Crippen LogP contribution is 2.22. The van der Waals surface area contributed by atoms with Gasteiger partial charge in [-0.2, -0.15) is 0 Å². The van der Waals surface area contributed by atoms with Crippen LogP contribution in [0.5, 0.6) is 5.75 Å². The van der Waals surface area contributed by atoms with Gasteiger partial charge in [0, 0.05) is 0 Å². The third kappa shape index (κ3) is 1.28. The number of ether oxygens (including phenoxy) is 1. The van der Waals surface area contributed by atoms with E-state index in [0.29, 0.717) is 6.61 Å². The van der Waals surface area contributed by atoms with E-state index in [0.717, 1.165) is 16.0 Å². The summed E-state index contributed by atoms with van der Waals surface area (Å²) >= 11 is 1.51. The minimum atomic E-state index is 0.702. The Labute approximate surface area is 74.8 Å². The molecule has 0 saturated carbocycles.